The molecule has 2 aromatic rings. The molecule has 2 N–H and O–H groups in total. The summed E-state index contributed by atoms with van der Waals surface area (Å²) in [5.41, 5.74) is 1.66. The summed E-state index contributed by atoms with van der Waals surface area (Å²) in [5, 5.41) is 8.69. The maximum atomic E-state index is 12.1. The lowest BCUT2D eigenvalue weighted by Gasteiger charge is -2.07. The van der Waals surface area contributed by atoms with E-state index in [9.17, 15) is 8.42 Å². The molecule has 0 radical (unpaired) electrons. The van der Waals surface area contributed by atoms with Crippen molar-refractivity contribution in [3.8, 4) is 0 Å². The number of aliphatic hydroxyl groups excluding tert-OH is 1. The van der Waals surface area contributed by atoms with Crippen molar-refractivity contribution >= 4 is 15.7 Å². The molecule has 0 spiro atoms. The van der Waals surface area contributed by atoms with E-state index in [0.29, 0.717) is 5.69 Å². The number of furan rings is 1. The lowest BCUT2D eigenvalue weighted by atomic mass is 10.1. The first-order valence-corrected chi connectivity index (χ1v) is 8.35. The lowest BCUT2D eigenvalue weighted by molar-refractivity contribution is 0.236. The van der Waals surface area contributed by atoms with Crippen LogP contribution in [0.3, 0.4) is 0 Å². The Morgan fingerprint density at radius 2 is 1.86 bits per heavy atom. The zero-order valence-electron chi connectivity index (χ0n) is 11.9. The fraction of sp³-hybridized carbons (Fsp3) is 0.333. The van der Waals surface area contributed by atoms with Crippen LogP contribution in [0.1, 0.15) is 31.1 Å². The predicted octanol–water partition coefficient (Wildman–Crippen LogP) is 2.92. The molecule has 0 bridgehead atoms. The van der Waals surface area contributed by atoms with E-state index in [0.717, 1.165) is 19.3 Å². The second-order valence-corrected chi connectivity index (χ2v) is 6.40. The van der Waals surface area contributed by atoms with Crippen LogP contribution in [0.5, 0.6) is 0 Å². The Morgan fingerprint density at radius 1 is 1.14 bits per heavy atom. The Kier molecular flexibility index (Phi) is 5.03. The van der Waals surface area contributed by atoms with Crippen molar-refractivity contribution in [3.05, 3.63) is 47.7 Å². The van der Waals surface area contributed by atoms with Crippen molar-refractivity contribution in [2.24, 2.45) is 0 Å². The minimum absolute atomic E-state index is 0.207. The Bertz CT molecular complexity index is 674. The minimum atomic E-state index is -3.76. The van der Waals surface area contributed by atoms with Gasteiger partial charge in [0.15, 0.2) is 0 Å². The third-order valence-electron chi connectivity index (χ3n) is 3.08. The quantitative estimate of drug-likeness (QED) is 0.824. The van der Waals surface area contributed by atoms with Crippen LogP contribution in [-0.4, -0.2) is 13.5 Å². The number of benzene rings is 1. The molecule has 1 heterocycles. The van der Waals surface area contributed by atoms with Crippen molar-refractivity contribution in [3.63, 3.8) is 0 Å². The molecule has 0 aliphatic carbocycles. The van der Waals surface area contributed by atoms with Crippen LogP contribution in [0.25, 0.3) is 0 Å². The number of hydrogen-bond donors (Lipinski definition) is 2. The van der Waals surface area contributed by atoms with Gasteiger partial charge < -0.3 is 9.52 Å². The first kappa shape index (κ1) is 15.6. The number of nitrogens with one attached hydrogen (secondary N) is 1. The summed E-state index contributed by atoms with van der Waals surface area (Å²) in [4.78, 5) is 0. The van der Waals surface area contributed by atoms with Gasteiger partial charge in [-0.05, 0) is 42.7 Å². The standard InChI is InChI=1S/C15H19NO4S/c1-2-3-4-12-5-7-13(8-6-12)16-21(18,19)15-10-9-14(11-17)20-15/h5-10,16-17H,2-4,11H2,1H3. The number of aliphatic hydroxyl groups is 1. The highest BCUT2D eigenvalue weighted by atomic mass is 32.2. The van der Waals surface area contributed by atoms with E-state index in [1.165, 1.54) is 17.7 Å². The van der Waals surface area contributed by atoms with E-state index in [2.05, 4.69) is 11.6 Å². The van der Waals surface area contributed by atoms with Crippen LogP contribution < -0.4 is 4.72 Å². The molecule has 2 rings (SSSR count). The van der Waals surface area contributed by atoms with Gasteiger partial charge in [-0.3, -0.25) is 4.72 Å². The Labute approximate surface area is 124 Å². The van der Waals surface area contributed by atoms with Gasteiger partial charge in [0, 0.05) is 5.69 Å². The van der Waals surface area contributed by atoms with Crippen LogP contribution in [-0.2, 0) is 23.1 Å². The molecular weight excluding hydrogens is 290 g/mol. The first-order valence-electron chi connectivity index (χ1n) is 6.86. The zero-order chi connectivity index (χ0) is 15.3. The largest absolute Gasteiger partial charge is 0.445 e. The van der Waals surface area contributed by atoms with Crippen LogP contribution in [0.4, 0.5) is 5.69 Å². The molecule has 6 heteroatoms. The molecular formula is C15H19NO4S. The average molecular weight is 309 g/mol. The summed E-state index contributed by atoms with van der Waals surface area (Å²) in [7, 11) is -3.76. The van der Waals surface area contributed by atoms with Crippen molar-refractivity contribution in [2.75, 3.05) is 4.72 Å². The molecule has 0 saturated carbocycles. The highest BCUT2D eigenvalue weighted by molar-refractivity contribution is 7.92. The normalized spacial score (nSPS) is 11.5. The topological polar surface area (TPSA) is 79.5 Å². The van der Waals surface area contributed by atoms with E-state index in [1.54, 1.807) is 12.1 Å². The molecule has 5 nitrogen and oxygen atoms in total. The van der Waals surface area contributed by atoms with Crippen LogP contribution >= 0.6 is 0 Å². The van der Waals surface area contributed by atoms with Crippen LogP contribution in [0.2, 0.25) is 0 Å². The number of aryl methyl sites for hydroxylation is 1. The summed E-state index contributed by atoms with van der Waals surface area (Å²) in [6, 6.07) is 10.0. The van der Waals surface area contributed by atoms with E-state index in [4.69, 9.17) is 9.52 Å². The second kappa shape index (κ2) is 6.78. The Balaban J connectivity index is 2.09. The van der Waals surface area contributed by atoms with Crippen molar-refractivity contribution in [1.29, 1.82) is 0 Å². The predicted molar refractivity (Wildman–Crippen MR) is 80.5 cm³/mol. The monoisotopic (exact) mass is 309 g/mol. The number of rotatable bonds is 7. The molecule has 1 aromatic heterocycles. The summed E-state index contributed by atoms with van der Waals surface area (Å²) >= 11 is 0. The average Bonchev–Trinajstić information content (AvgIpc) is 2.96. The van der Waals surface area contributed by atoms with E-state index < -0.39 is 10.0 Å². The van der Waals surface area contributed by atoms with Crippen molar-refractivity contribution in [1.82, 2.24) is 0 Å². The molecule has 0 atom stereocenters. The lowest BCUT2D eigenvalue weighted by Crippen LogP contribution is -2.12. The summed E-state index contributed by atoms with van der Waals surface area (Å²) in [6.07, 6.45) is 3.23. The fourth-order valence-electron chi connectivity index (χ4n) is 1.91. The van der Waals surface area contributed by atoms with Gasteiger partial charge in [-0.2, -0.15) is 8.42 Å². The van der Waals surface area contributed by atoms with E-state index in [1.807, 2.05) is 12.1 Å². The Hall–Kier alpha value is -1.79. The maximum absolute atomic E-state index is 12.1. The second-order valence-electron chi connectivity index (χ2n) is 4.78. The van der Waals surface area contributed by atoms with Gasteiger partial charge in [0.05, 0.1) is 0 Å². The molecule has 21 heavy (non-hydrogen) atoms. The highest BCUT2D eigenvalue weighted by Crippen LogP contribution is 2.19. The molecule has 1 aromatic carbocycles. The smallest absolute Gasteiger partial charge is 0.295 e. The van der Waals surface area contributed by atoms with E-state index in [-0.39, 0.29) is 17.5 Å². The van der Waals surface area contributed by atoms with Gasteiger partial charge in [-0.25, -0.2) is 0 Å². The summed E-state index contributed by atoms with van der Waals surface area (Å²) in [5.74, 6) is 0.213. The van der Waals surface area contributed by atoms with E-state index >= 15 is 0 Å². The molecule has 0 unspecified atom stereocenters. The SMILES string of the molecule is CCCCc1ccc(NS(=O)(=O)c2ccc(CO)o2)cc1. The van der Waals surface area contributed by atoms with Gasteiger partial charge in [-0.1, -0.05) is 25.5 Å². The first-order chi connectivity index (χ1) is 10.0. The number of sulfonamides is 1. The fourth-order valence-corrected chi connectivity index (χ4v) is 2.92. The Morgan fingerprint density at radius 3 is 2.43 bits per heavy atom. The van der Waals surface area contributed by atoms with Gasteiger partial charge in [0.2, 0.25) is 5.09 Å². The minimum Gasteiger partial charge on any atom is -0.445 e. The third-order valence-corrected chi connectivity index (χ3v) is 4.34. The van der Waals surface area contributed by atoms with Crippen molar-refractivity contribution < 1.29 is 17.9 Å². The van der Waals surface area contributed by atoms with Gasteiger partial charge in [0.1, 0.15) is 12.4 Å². The number of anilines is 1. The van der Waals surface area contributed by atoms with Crippen molar-refractivity contribution in [2.45, 2.75) is 37.9 Å². The van der Waals surface area contributed by atoms with Crippen LogP contribution in [0.15, 0.2) is 45.9 Å². The number of unbranched alkanes of at least 4 members (excludes halogenated alkanes) is 1. The molecule has 0 aliphatic rings. The summed E-state index contributed by atoms with van der Waals surface area (Å²) in [6.45, 7) is 1.80. The van der Waals surface area contributed by atoms with Gasteiger partial charge in [0.25, 0.3) is 10.0 Å². The molecule has 0 saturated heterocycles. The number of hydrogen-bond acceptors (Lipinski definition) is 4. The van der Waals surface area contributed by atoms with Gasteiger partial charge >= 0.3 is 0 Å². The van der Waals surface area contributed by atoms with Crippen LogP contribution in [0, 0.1) is 0 Å². The molecule has 0 aliphatic heterocycles. The summed E-state index contributed by atoms with van der Waals surface area (Å²) < 4.78 is 31.7. The third kappa shape index (κ3) is 4.09. The zero-order valence-corrected chi connectivity index (χ0v) is 12.7. The molecule has 114 valence electrons. The van der Waals surface area contributed by atoms with Gasteiger partial charge in [-0.15, -0.1) is 0 Å². The maximum Gasteiger partial charge on any atom is 0.295 e. The molecule has 0 fully saturated rings. The highest BCUT2D eigenvalue weighted by Gasteiger charge is 2.18. The molecule has 0 amide bonds.